The number of aromatic nitrogens is 2. The van der Waals surface area contributed by atoms with Crippen LogP contribution in [0.1, 0.15) is 47.4 Å². The lowest BCUT2D eigenvalue weighted by Crippen LogP contribution is -2.46. The second-order valence-electron chi connectivity index (χ2n) is 11.0. The van der Waals surface area contributed by atoms with E-state index in [1.54, 1.807) is 14.2 Å². The van der Waals surface area contributed by atoms with Gasteiger partial charge in [-0.2, -0.15) is 0 Å². The van der Waals surface area contributed by atoms with E-state index in [1.807, 2.05) is 6.07 Å². The van der Waals surface area contributed by atoms with Crippen molar-refractivity contribution in [1.82, 2.24) is 20.2 Å². The van der Waals surface area contributed by atoms with Crippen LogP contribution in [0.5, 0.6) is 11.5 Å². The van der Waals surface area contributed by atoms with E-state index < -0.39 is 0 Å². The Kier molecular flexibility index (Phi) is 5.56. The highest BCUT2D eigenvalue weighted by Crippen LogP contribution is 2.46. The SMILES string of the molecule is C=C[C@H]1CN2CCc3c([nH]c4ccc(OC)cc34)[C@@H]2C[C@@H]1C[C@@H]1NCCc2c1[nH]c1ccc(OC)cc21. The summed E-state index contributed by atoms with van der Waals surface area (Å²) in [6, 6.07) is 13.6. The summed E-state index contributed by atoms with van der Waals surface area (Å²) in [6.45, 7) is 7.47. The molecule has 0 amide bonds. The molecule has 6 nitrogen and oxygen atoms in total. The number of hydrogen-bond donors (Lipinski definition) is 3. The van der Waals surface area contributed by atoms with Gasteiger partial charge in [0.2, 0.25) is 0 Å². The maximum atomic E-state index is 5.53. The van der Waals surface area contributed by atoms with Crippen molar-refractivity contribution in [2.75, 3.05) is 33.9 Å². The van der Waals surface area contributed by atoms with Crippen molar-refractivity contribution in [2.24, 2.45) is 11.8 Å². The molecular formula is C31H36N4O2. The molecule has 1 saturated heterocycles. The number of piperidine rings is 1. The van der Waals surface area contributed by atoms with Crippen LogP contribution < -0.4 is 14.8 Å². The molecule has 0 saturated carbocycles. The van der Waals surface area contributed by atoms with Crippen LogP contribution in [0.15, 0.2) is 49.1 Å². The summed E-state index contributed by atoms with van der Waals surface area (Å²) in [6.07, 6.45) is 6.61. The molecule has 192 valence electrons. The molecule has 2 aromatic carbocycles. The minimum Gasteiger partial charge on any atom is -0.497 e. The van der Waals surface area contributed by atoms with Crippen LogP contribution >= 0.6 is 0 Å². The van der Waals surface area contributed by atoms with Crippen LogP contribution in [-0.2, 0) is 12.8 Å². The summed E-state index contributed by atoms with van der Waals surface area (Å²) in [5, 5.41) is 6.48. The minimum absolute atomic E-state index is 0.330. The topological polar surface area (TPSA) is 65.3 Å². The van der Waals surface area contributed by atoms with Crippen molar-refractivity contribution in [3.8, 4) is 11.5 Å². The standard InChI is InChI=1S/C31H36N4O2/c1-4-18-17-35-12-10-23-25-16-21(37-3)6-8-27(25)34-31(23)29(35)14-19(18)13-28-30-22(9-11-32-28)24-15-20(36-2)5-7-26(24)33-30/h4-8,15-16,18-19,28-29,32-34H,1,9-14,17H2,2-3H3/t18-,19-,28-,29-/m0/s1. The van der Waals surface area contributed by atoms with Gasteiger partial charge in [0.05, 0.1) is 20.3 Å². The molecular weight excluding hydrogens is 460 g/mol. The molecule has 4 aromatic rings. The number of nitrogens with zero attached hydrogens (tertiary/aromatic N) is 1. The largest absolute Gasteiger partial charge is 0.497 e. The molecule has 3 aliphatic rings. The Morgan fingerprint density at radius 2 is 1.62 bits per heavy atom. The molecule has 3 aliphatic heterocycles. The smallest absolute Gasteiger partial charge is 0.119 e. The fourth-order valence-corrected chi connectivity index (χ4v) is 7.35. The van der Waals surface area contributed by atoms with Crippen molar-refractivity contribution < 1.29 is 9.47 Å². The summed E-state index contributed by atoms with van der Waals surface area (Å²) in [4.78, 5) is 10.3. The molecule has 0 unspecified atom stereocenters. The summed E-state index contributed by atoms with van der Waals surface area (Å²) in [7, 11) is 3.49. The number of rotatable bonds is 5. The van der Waals surface area contributed by atoms with E-state index in [4.69, 9.17) is 9.47 Å². The summed E-state index contributed by atoms with van der Waals surface area (Å²) in [5.74, 6) is 2.92. The number of hydrogen-bond acceptors (Lipinski definition) is 4. The first kappa shape index (κ1) is 22.9. The first-order chi connectivity index (χ1) is 18.2. The van der Waals surface area contributed by atoms with Crippen molar-refractivity contribution in [2.45, 2.75) is 37.8 Å². The summed E-state index contributed by atoms with van der Waals surface area (Å²) < 4.78 is 11.0. The van der Waals surface area contributed by atoms with Crippen molar-refractivity contribution in [1.29, 1.82) is 0 Å². The number of ether oxygens (including phenoxy) is 2. The van der Waals surface area contributed by atoms with Crippen LogP contribution in [-0.4, -0.2) is 48.7 Å². The highest BCUT2D eigenvalue weighted by molar-refractivity contribution is 5.87. The molecule has 0 bridgehead atoms. The first-order valence-electron chi connectivity index (χ1n) is 13.6. The normalized spacial score (nSPS) is 25.5. The fraction of sp³-hybridized carbons (Fsp3) is 0.419. The zero-order valence-electron chi connectivity index (χ0n) is 21.8. The predicted molar refractivity (Wildman–Crippen MR) is 149 cm³/mol. The van der Waals surface area contributed by atoms with Gasteiger partial charge in [-0.3, -0.25) is 4.90 Å². The Morgan fingerprint density at radius 1 is 0.946 bits per heavy atom. The Hall–Kier alpha value is -3.22. The molecule has 5 heterocycles. The van der Waals surface area contributed by atoms with E-state index in [0.29, 0.717) is 23.9 Å². The van der Waals surface area contributed by atoms with Gasteiger partial charge in [0.1, 0.15) is 11.5 Å². The average molecular weight is 497 g/mol. The van der Waals surface area contributed by atoms with E-state index in [2.05, 4.69) is 63.2 Å². The number of fused-ring (bicyclic) bond motifs is 8. The van der Waals surface area contributed by atoms with E-state index in [1.165, 1.54) is 44.3 Å². The van der Waals surface area contributed by atoms with E-state index in [-0.39, 0.29) is 0 Å². The third kappa shape index (κ3) is 3.69. The summed E-state index contributed by atoms with van der Waals surface area (Å²) >= 11 is 0. The van der Waals surface area contributed by atoms with Gasteiger partial charge < -0.3 is 24.8 Å². The fourth-order valence-electron chi connectivity index (χ4n) is 7.35. The Bertz CT molecular complexity index is 1480. The van der Waals surface area contributed by atoms with Crippen LogP contribution in [0.2, 0.25) is 0 Å². The van der Waals surface area contributed by atoms with E-state index in [9.17, 15) is 0 Å². The first-order valence-corrected chi connectivity index (χ1v) is 13.6. The van der Waals surface area contributed by atoms with Crippen LogP contribution in [0.3, 0.4) is 0 Å². The number of H-pyrrole nitrogens is 2. The van der Waals surface area contributed by atoms with Crippen LogP contribution in [0, 0.1) is 11.8 Å². The highest BCUT2D eigenvalue weighted by atomic mass is 16.5. The van der Waals surface area contributed by atoms with Gasteiger partial charge in [0, 0.05) is 52.3 Å². The zero-order chi connectivity index (χ0) is 25.1. The molecule has 37 heavy (non-hydrogen) atoms. The number of aromatic amines is 2. The Balaban J connectivity index is 1.20. The van der Waals surface area contributed by atoms with Crippen molar-refractivity contribution >= 4 is 21.8 Å². The van der Waals surface area contributed by atoms with Gasteiger partial charge in [-0.15, -0.1) is 6.58 Å². The second-order valence-corrected chi connectivity index (χ2v) is 11.0. The number of nitrogens with one attached hydrogen (secondary N) is 3. The van der Waals surface area contributed by atoms with Gasteiger partial charge in [0.25, 0.3) is 0 Å². The van der Waals surface area contributed by atoms with Gasteiger partial charge >= 0.3 is 0 Å². The molecule has 2 aromatic heterocycles. The number of benzene rings is 2. The Morgan fingerprint density at radius 3 is 2.30 bits per heavy atom. The molecule has 0 radical (unpaired) electrons. The molecule has 7 rings (SSSR count). The molecule has 0 spiro atoms. The lowest BCUT2D eigenvalue weighted by Gasteiger charge is -2.46. The maximum Gasteiger partial charge on any atom is 0.119 e. The minimum atomic E-state index is 0.330. The maximum absolute atomic E-state index is 5.53. The monoisotopic (exact) mass is 496 g/mol. The Labute approximate surface area is 218 Å². The third-order valence-corrected chi connectivity index (χ3v) is 9.25. The van der Waals surface area contributed by atoms with E-state index >= 15 is 0 Å². The quantitative estimate of drug-likeness (QED) is 0.312. The average Bonchev–Trinajstić information content (AvgIpc) is 3.51. The predicted octanol–water partition coefficient (Wildman–Crippen LogP) is 5.66. The highest BCUT2D eigenvalue weighted by Gasteiger charge is 2.40. The van der Waals surface area contributed by atoms with E-state index in [0.717, 1.165) is 56.8 Å². The van der Waals surface area contributed by atoms with Crippen LogP contribution in [0.4, 0.5) is 0 Å². The zero-order valence-corrected chi connectivity index (χ0v) is 21.8. The lowest BCUT2D eigenvalue weighted by molar-refractivity contribution is 0.0623. The summed E-state index contributed by atoms with van der Waals surface area (Å²) in [5.41, 5.74) is 8.14. The van der Waals surface area contributed by atoms with Gasteiger partial charge in [0.15, 0.2) is 0 Å². The van der Waals surface area contributed by atoms with Crippen molar-refractivity contribution in [3.05, 3.63) is 71.6 Å². The molecule has 4 atom stereocenters. The molecule has 3 N–H and O–H groups in total. The van der Waals surface area contributed by atoms with Crippen molar-refractivity contribution in [3.63, 3.8) is 0 Å². The molecule has 1 fully saturated rings. The molecule has 6 heteroatoms. The van der Waals surface area contributed by atoms with Gasteiger partial charge in [-0.1, -0.05) is 6.08 Å². The third-order valence-electron chi connectivity index (χ3n) is 9.25. The number of methoxy groups -OCH3 is 2. The van der Waals surface area contributed by atoms with Gasteiger partial charge in [-0.25, -0.2) is 0 Å². The van der Waals surface area contributed by atoms with Crippen LogP contribution in [0.25, 0.3) is 21.8 Å². The second kappa shape index (κ2) is 8.96. The lowest BCUT2D eigenvalue weighted by atomic mass is 9.75. The van der Waals surface area contributed by atoms with Gasteiger partial charge in [-0.05, 0) is 91.6 Å². The molecule has 0 aliphatic carbocycles.